The van der Waals surface area contributed by atoms with Gasteiger partial charge in [0.25, 0.3) is 8.32 Å². The first-order valence-electron chi connectivity index (χ1n) is 9.80. The maximum Gasteiger partial charge on any atom is 0.330 e. The molecular formula is C24H30ClNO3Si. The van der Waals surface area contributed by atoms with Crippen LogP contribution < -0.4 is 5.32 Å². The summed E-state index contributed by atoms with van der Waals surface area (Å²) in [6.45, 7) is 11.0. The van der Waals surface area contributed by atoms with E-state index in [2.05, 4.69) is 39.2 Å². The number of hydrogen-bond donors (Lipinski definition) is 1. The molecule has 6 heteroatoms. The van der Waals surface area contributed by atoms with E-state index in [4.69, 9.17) is 20.8 Å². The van der Waals surface area contributed by atoms with Crippen molar-refractivity contribution in [2.24, 2.45) is 0 Å². The first-order valence-corrected chi connectivity index (χ1v) is 13.1. The van der Waals surface area contributed by atoms with Gasteiger partial charge in [0.2, 0.25) is 0 Å². The van der Waals surface area contributed by atoms with E-state index >= 15 is 0 Å². The Kier molecular flexibility index (Phi) is 7.93. The van der Waals surface area contributed by atoms with Crippen molar-refractivity contribution in [3.8, 4) is 0 Å². The lowest BCUT2D eigenvalue weighted by Gasteiger charge is -2.37. The highest BCUT2D eigenvalue weighted by atomic mass is 35.5. The number of benzene rings is 2. The number of methoxy groups -OCH3 is 1. The van der Waals surface area contributed by atoms with E-state index in [-0.39, 0.29) is 5.04 Å². The summed E-state index contributed by atoms with van der Waals surface area (Å²) in [7, 11) is -0.756. The molecule has 0 aromatic heterocycles. The van der Waals surface area contributed by atoms with Gasteiger partial charge in [0.15, 0.2) is 5.88 Å². The van der Waals surface area contributed by atoms with Crippen LogP contribution in [-0.4, -0.2) is 21.4 Å². The van der Waals surface area contributed by atoms with Crippen LogP contribution >= 0.6 is 11.6 Å². The maximum absolute atomic E-state index is 11.5. The van der Waals surface area contributed by atoms with E-state index in [0.717, 1.165) is 16.8 Å². The summed E-state index contributed by atoms with van der Waals surface area (Å²) in [6, 6.07) is 15.4. The van der Waals surface area contributed by atoms with Gasteiger partial charge in [0, 0.05) is 22.9 Å². The Labute approximate surface area is 185 Å². The van der Waals surface area contributed by atoms with Crippen LogP contribution in [0.15, 0.2) is 60.5 Å². The second kappa shape index (κ2) is 10.0. The molecule has 0 aliphatic rings. The molecule has 0 fully saturated rings. The molecule has 0 atom stereocenters. The molecule has 0 bridgehead atoms. The third kappa shape index (κ3) is 6.78. The van der Waals surface area contributed by atoms with Gasteiger partial charge < -0.3 is 14.5 Å². The summed E-state index contributed by atoms with van der Waals surface area (Å²) >= 11 is 6.25. The number of carbonyl (C=O) groups is 1. The molecule has 0 unspecified atom stereocenters. The van der Waals surface area contributed by atoms with Gasteiger partial charge in [0.05, 0.1) is 7.11 Å². The van der Waals surface area contributed by atoms with Crippen molar-refractivity contribution in [1.29, 1.82) is 0 Å². The number of nitrogens with one attached hydrogen (secondary N) is 1. The lowest BCUT2D eigenvalue weighted by molar-refractivity contribution is -0.134. The fourth-order valence-electron chi connectivity index (χ4n) is 2.36. The summed E-state index contributed by atoms with van der Waals surface area (Å²) in [5.74, 6) is 0.219. The average molecular weight is 444 g/mol. The van der Waals surface area contributed by atoms with Crippen LogP contribution in [0.3, 0.4) is 0 Å². The zero-order valence-electron chi connectivity index (χ0n) is 18.5. The van der Waals surface area contributed by atoms with Gasteiger partial charge in [0.1, 0.15) is 0 Å². The highest BCUT2D eigenvalue weighted by Gasteiger charge is 2.39. The largest absolute Gasteiger partial charge is 0.532 e. The van der Waals surface area contributed by atoms with Crippen LogP contribution in [0.4, 0.5) is 5.69 Å². The van der Waals surface area contributed by atoms with Crippen molar-refractivity contribution >= 4 is 43.7 Å². The van der Waals surface area contributed by atoms with Gasteiger partial charge in [-0.25, -0.2) is 4.79 Å². The predicted molar refractivity (Wildman–Crippen MR) is 129 cm³/mol. The first kappa shape index (κ1) is 23.8. The minimum Gasteiger partial charge on any atom is -0.532 e. The van der Waals surface area contributed by atoms with Gasteiger partial charge in [-0.15, -0.1) is 0 Å². The zero-order chi connectivity index (χ0) is 22.4. The summed E-state index contributed by atoms with van der Waals surface area (Å²) in [5.41, 5.74) is 2.55. The Bertz CT molecular complexity index is 931. The molecule has 4 nitrogen and oxygen atoms in total. The topological polar surface area (TPSA) is 47.6 Å². The second-order valence-corrected chi connectivity index (χ2v) is 13.7. The molecule has 0 aliphatic heterocycles. The molecule has 30 heavy (non-hydrogen) atoms. The SMILES string of the molecule is COC(=O)/C=C/c1ccc(Cl)cc1N/C(=C/c1ccccc1)O[Si](C)(C)C(C)(C)C. The number of anilines is 1. The molecule has 2 aromatic rings. The summed E-state index contributed by atoms with van der Waals surface area (Å²) < 4.78 is 11.3. The third-order valence-corrected chi connectivity index (χ3v) is 9.72. The lowest BCUT2D eigenvalue weighted by Crippen LogP contribution is -2.41. The zero-order valence-corrected chi connectivity index (χ0v) is 20.2. The molecule has 2 aromatic carbocycles. The molecule has 0 spiro atoms. The van der Waals surface area contributed by atoms with Crippen molar-refractivity contribution in [2.45, 2.75) is 38.9 Å². The molecule has 0 saturated heterocycles. The molecule has 160 valence electrons. The molecule has 0 radical (unpaired) electrons. The summed E-state index contributed by atoms with van der Waals surface area (Å²) in [4.78, 5) is 11.5. The molecule has 0 aliphatic carbocycles. The molecule has 0 amide bonds. The van der Waals surface area contributed by atoms with Gasteiger partial charge in [-0.05, 0) is 47.5 Å². The highest BCUT2D eigenvalue weighted by molar-refractivity contribution is 6.74. The average Bonchev–Trinajstić information content (AvgIpc) is 2.66. The number of halogens is 1. The second-order valence-electron chi connectivity index (χ2n) is 8.49. The first-order chi connectivity index (χ1) is 14.0. The van der Waals surface area contributed by atoms with Crippen molar-refractivity contribution in [3.05, 3.63) is 76.6 Å². The van der Waals surface area contributed by atoms with Crippen LogP contribution in [0.5, 0.6) is 0 Å². The minimum absolute atomic E-state index is 0.0341. The van der Waals surface area contributed by atoms with Crippen LogP contribution in [0.1, 0.15) is 31.9 Å². The number of esters is 1. The van der Waals surface area contributed by atoms with E-state index in [1.807, 2.05) is 48.5 Å². The third-order valence-electron chi connectivity index (χ3n) is 5.14. The Balaban J connectivity index is 2.46. The Morgan fingerprint density at radius 2 is 1.77 bits per heavy atom. The van der Waals surface area contributed by atoms with E-state index in [1.165, 1.54) is 13.2 Å². The summed E-state index contributed by atoms with van der Waals surface area (Å²) in [6.07, 6.45) is 5.05. The fraction of sp³-hybridized carbons (Fsp3) is 0.292. The molecular weight excluding hydrogens is 414 g/mol. The standard InChI is InChI=1S/C24H30ClNO3Si/c1-24(2,3)30(5,6)29-22(16-18-10-8-7-9-11-18)26-21-17-20(25)14-12-19(21)13-15-23(27)28-4/h7-17,26H,1-6H3/b15-13+,22-16-. The van der Waals surface area contributed by atoms with E-state index in [9.17, 15) is 4.79 Å². The van der Waals surface area contributed by atoms with Crippen LogP contribution in [0.2, 0.25) is 23.2 Å². The van der Waals surface area contributed by atoms with Crippen molar-refractivity contribution < 1.29 is 14.0 Å². The molecule has 1 N–H and O–H groups in total. The summed E-state index contributed by atoms with van der Waals surface area (Å²) in [5, 5.41) is 4.01. The number of ether oxygens (including phenoxy) is 1. The van der Waals surface area contributed by atoms with Gasteiger partial charge in [-0.1, -0.05) is 68.8 Å². The molecule has 2 rings (SSSR count). The smallest absolute Gasteiger partial charge is 0.330 e. The van der Waals surface area contributed by atoms with E-state index in [0.29, 0.717) is 10.9 Å². The van der Waals surface area contributed by atoms with Crippen LogP contribution in [0.25, 0.3) is 12.2 Å². The lowest BCUT2D eigenvalue weighted by atomic mass is 10.1. The maximum atomic E-state index is 11.5. The predicted octanol–water partition coefficient (Wildman–Crippen LogP) is 6.96. The van der Waals surface area contributed by atoms with Crippen LogP contribution in [-0.2, 0) is 14.0 Å². The van der Waals surface area contributed by atoms with Gasteiger partial charge >= 0.3 is 5.97 Å². The van der Waals surface area contributed by atoms with E-state index < -0.39 is 14.3 Å². The normalized spacial score (nSPS) is 12.7. The van der Waals surface area contributed by atoms with Crippen molar-refractivity contribution in [2.75, 3.05) is 12.4 Å². The van der Waals surface area contributed by atoms with Crippen LogP contribution in [0, 0.1) is 0 Å². The Hall–Kier alpha value is -2.50. The fourth-order valence-corrected chi connectivity index (χ4v) is 3.50. The van der Waals surface area contributed by atoms with E-state index in [1.54, 1.807) is 12.1 Å². The van der Waals surface area contributed by atoms with Gasteiger partial charge in [-0.2, -0.15) is 0 Å². The molecule has 0 saturated carbocycles. The Morgan fingerprint density at radius 1 is 1.10 bits per heavy atom. The minimum atomic E-state index is -2.10. The Morgan fingerprint density at radius 3 is 2.37 bits per heavy atom. The number of carbonyl (C=O) groups excluding carboxylic acids is 1. The monoisotopic (exact) mass is 443 g/mol. The number of rotatable bonds is 7. The number of hydrogen-bond acceptors (Lipinski definition) is 4. The highest BCUT2D eigenvalue weighted by Crippen LogP contribution is 2.38. The van der Waals surface area contributed by atoms with Gasteiger partial charge in [-0.3, -0.25) is 0 Å². The quantitative estimate of drug-likeness (QED) is 0.217. The van der Waals surface area contributed by atoms with Crippen molar-refractivity contribution in [3.63, 3.8) is 0 Å². The van der Waals surface area contributed by atoms with Crippen molar-refractivity contribution in [1.82, 2.24) is 0 Å². The molecule has 0 heterocycles.